The average molecular weight is 276 g/mol. The Kier molecular flexibility index (Phi) is 5.06. The highest BCUT2D eigenvalue weighted by Gasteiger charge is 2.27. The van der Waals surface area contributed by atoms with Gasteiger partial charge in [0.15, 0.2) is 0 Å². The first-order chi connectivity index (χ1) is 9.54. The number of benzene rings is 1. The molecule has 1 aliphatic heterocycles. The molecule has 0 radical (unpaired) electrons. The first-order valence-corrected chi connectivity index (χ1v) is 7.64. The third-order valence-electron chi connectivity index (χ3n) is 4.34. The van der Waals surface area contributed by atoms with Crippen molar-refractivity contribution < 1.29 is 4.74 Å². The number of nitrogens with zero attached hydrogens (tertiary/aromatic N) is 1. The van der Waals surface area contributed by atoms with Crippen molar-refractivity contribution in [1.29, 1.82) is 0 Å². The lowest BCUT2D eigenvalue weighted by Crippen LogP contribution is -2.46. The Balaban J connectivity index is 2.40. The van der Waals surface area contributed by atoms with Crippen LogP contribution in [0.15, 0.2) is 12.1 Å². The molecule has 0 amide bonds. The molecule has 1 aromatic rings. The molecule has 112 valence electrons. The number of methoxy groups -OCH3 is 1. The Bertz CT molecular complexity index is 451. The van der Waals surface area contributed by atoms with E-state index in [1.807, 2.05) is 0 Å². The molecule has 3 heteroatoms. The van der Waals surface area contributed by atoms with Gasteiger partial charge in [-0.1, -0.05) is 19.9 Å². The van der Waals surface area contributed by atoms with Gasteiger partial charge in [-0.3, -0.25) is 4.90 Å². The second kappa shape index (κ2) is 6.59. The summed E-state index contributed by atoms with van der Waals surface area (Å²) in [5.74, 6) is 1.61. The zero-order valence-corrected chi connectivity index (χ0v) is 13.5. The number of nitrogens with one attached hydrogen (secondary N) is 1. The lowest BCUT2D eigenvalue weighted by Gasteiger charge is -2.38. The van der Waals surface area contributed by atoms with Gasteiger partial charge in [0.2, 0.25) is 0 Å². The minimum atomic E-state index is 0.436. The van der Waals surface area contributed by atoms with Gasteiger partial charge in [-0.05, 0) is 37.0 Å². The number of ether oxygens (including phenoxy) is 1. The predicted molar refractivity (Wildman–Crippen MR) is 84.5 cm³/mol. The zero-order chi connectivity index (χ0) is 14.7. The molecule has 1 heterocycles. The first-order valence-electron chi connectivity index (χ1n) is 7.64. The minimum absolute atomic E-state index is 0.436. The predicted octanol–water partition coefficient (Wildman–Crippen LogP) is 2.91. The van der Waals surface area contributed by atoms with Crippen molar-refractivity contribution in [2.45, 2.75) is 33.7 Å². The Hall–Kier alpha value is -1.06. The van der Waals surface area contributed by atoms with Crippen LogP contribution in [-0.4, -0.2) is 38.2 Å². The van der Waals surface area contributed by atoms with E-state index in [1.165, 1.54) is 16.7 Å². The van der Waals surface area contributed by atoms with Crippen molar-refractivity contribution in [2.75, 3.05) is 33.3 Å². The lowest BCUT2D eigenvalue weighted by molar-refractivity contribution is 0.134. The summed E-state index contributed by atoms with van der Waals surface area (Å²) in [7, 11) is 1.78. The van der Waals surface area contributed by atoms with Crippen LogP contribution < -0.4 is 10.1 Å². The molecule has 0 saturated carbocycles. The van der Waals surface area contributed by atoms with Crippen LogP contribution in [0.3, 0.4) is 0 Å². The molecular formula is C17H28N2O. The largest absolute Gasteiger partial charge is 0.496 e. The van der Waals surface area contributed by atoms with Crippen molar-refractivity contribution in [1.82, 2.24) is 10.2 Å². The van der Waals surface area contributed by atoms with Crippen molar-refractivity contribution in [3.8, 4) is 5.75 Å². The number of rotatable bonds is 4. The van der Waals surface area contributed by atoms with Crippen LogP contribution in [0.5, 0.6) is 5.75 Å². The lowest BCUT2D eigenvalue weighted by atomic mass is 9.90. The molecular weight excluding hydrogens is 248 g/mol. The van der Waals surface area contributed by atoms with E-state index < -0.39 is 0 Å². The highest BCUT2D eigenvalue weighted by atomic mass is 16.5. The van der Waals surface area contributed by atoms with E-state index in [-0.39, 0.29) is 0 Å². The van der Waals surface area contributed by atoms with Gasteiger partial charge in [0.25, 0.3) is 0 Å². The molecule has 1 atom stereocenters. The maximum Gasteiger partial charge on any atom is 0.123 e. The molecule has 1 aromatic carbocycles. The first kappa shape index (κ1) is 15.3. The fourth-order valence-corrected chi connectivity index (χ4v) is 3.16. The van der Waals surface area contributed by atoms with Crippen LogP contribution in [-0.2, 0) is 0 Å². The summed E-state index contributed by atoms with van der Waals surface area (Å²) in [6.45, 7) is 13.3. The molecule has 1 aliphatic rings. The van der Waals surface area contributed by atoms with Crippen LogP contribution in [0, 0.1) is 19.8 Å². The van der Waals surface area contributed by atoms with E-state index in [1.54, 1.807) is 7.11 Å². The molecule has 3 nitrogen and oxygen atoms in total. The summed E-state index contributed by atoms with van der Waals surface area (Å²) in [5.41, 5.74) is 3.99. The number of aryl methyl sites for hydroxylation is 2. The van der Waals surface area contributed by atoms with Gasteiger partial charge in [0, 0.05) is 37.8 Å². The zero-order valence-electron chi connectivity index (χ0n) is 13.5. The fraction of sp³-hybridized carbons (Fsp3) is 0.647. The summed E-state index contributed by atoms with van der Waals surface area (Å²) in [5, 5.41) is 3.44. The Labute approximate surface area is 123 Å². The topological polar surface area (TPSA) is 24.5 Å². The van der Waals surface area contributed by atoms with Crippen molar-refractivity contribution in [3.05, 3.63) is 28.8 Å². The molecule has 0 aromatic heterocycles. The maximum absolute atomic E-state index is 5.66. The van der Waals surface area contributed by atoms with Crippen LogP contribution >= 0.6 is 0 Å². The van der Waals surface area contributed by atoms with Crippen molar-refractivity contribution >= 4 is 0 Å². The van der Waals surface area contributed by atoms with Gasteiger partial charge in [-0.2, -0.15) is 0 Å². The van der Waals surface area contributed by atoms with E-state index >= 15 is 0 Å². The third-order valence-corrected chi connectivity index (χ3v) is 4.34. The number of hydrogen-bond donors (Lipinski definition) is 1. The van der Waals surface area contributed by atoms with E-state index in [0.717, 1.165) is 31.9 Å². The second-order valence-corrected chi connectivity index (χ2v) is 6.15. The number of piperazine rings is 1. The summed E-state index contributed by atoms with van der Waals surface area (Å²) in [6.07, 6.45) is 0. The van der Waals surface area contributed by atoms with Crippen LogP contribution in [0.2, 0.25) is 0 Å². The van der Waals surface area contributed by atoms with Gasteiger partial charge in [-0.25, -0.2) is 0 Å². The van der Waals surface area contributed by atoms with Crippen LogP contribution in [0.4, 0.5) is 0 Å². The quantitative estimate of drug-likeness (QED) is 0.915. The van der Waals surface area contributed by atoms with E-state index in [9.17, 15) is 0 Å². The SMILES string of the molecule is COc1cc(C)c(C)cc1C(C(C)C)N1CCNCC1. The Morgan fingerprint density at radius 2 is 1.70 bits per heavy atom. The highest BCUT2D eigenvalue weighted by Crippen LogP contribution is 2.36. The molecule has 1 fully saturated rings. The van der Waals surface area contributed by atoms with Crippen LogP contribution in [0.25, 0.3) is 0 Å². The van der Waals surface area contributed by atoms with E-state index in [2.05, 4.69) is 50.0 Å². The van der Waals surface area contributed by atoms with Gasteiger partial charge >= 0.3 is 0 Å². The second-order valence-electron chi connectivity index (χ2n) is 6.15. The normalized spacial score (nSPS) is 18.3. The smallest absolute Gasteiger partial charge is 0.123 e. The summed E-state index contributed by atoms with van der Waals surface area (Å²) < 4.78 is 5.66. The molecule has 0 aliphatic carbocycles. The molecule has 1 saturated heterocycles. The molecule has 1 N–H and O–H groups in total. The standard InChI is InChI=1S/C17H28N2O/c1-12(2)17(19-8-6-18-7-9-19)15-10-13(3)14(4)11-16(15)20-5/h10-12,17-18H,6-9H2,1-5H3. The molecule has 20 heavy (non-hydrogen) atoms. The summed E-state index contributed by atoms with van der Waals surface area (Å²) in [4.78, 5) is 2.59. The van der Waals surface area contributed by atoms with Crippen molar-refractivity contribution in [2.24, 2.45) is 5.92 Å². The van der Waals surface area contributed by atoms with Gasteiger partial charge in [0.05, 0.1) is 7.11 Å². The monoisotopic (exact) mass is 276 g/mol. The molecule has 2 rings (SSSR count). The minimum Gasteiger partial charge on any atom is -0.496 e. The average Bonchev–Trinajstić information content (AvgIpc) is 2.43. The Morgan fingerprint density at radius 1 is 1.10 bits per heavy atom. The molecule has 0 spiro atoms. The Morgan fingerprint density at radius 3 is 2.25 bits per heavy atom. The number of hydrogen-bond acceptors (Lipinski definition) is 3. The molecule has 0 bridgehead atoms. The highest BCUT2D eigenvalue weighted by molar-refractivity contribution is 5.43. The van der Waals surface area contributed by atoms with Gasteiger partial charge < -0.3 is 10.1 Å². The van der Waals surface area contributed by atoms with Gasteiger partial charge in [-0.15, -0.1) is 0 Å². The third kappa shape index (κ3) is 3.15. The van der Waals surface area contributed by atoms with Gasteiger partial charge in [0.1, 0.15) is 5.75 Å². The van der Waals surface area contributed by atoms with E-state index in [4.69, 9.17) is 4.74 Å². The molecule has 1 unspecified atom stereocenters. The van der Waals surface area contributed by atoms with E-state index in [0.29, 0.717) is 12.0 Å². The van der Waals surface area contributed by atoms with Crippen molar-refractivity contribution in [3.63, 3.8) is 0 Å². The fourth-order valence-electron chi connectivity index (χ4n) is 3.16. The summed E-state index contributed by atoms with van der Waals surface area (Å²) in [6, 6.07) is 4.94. The maximum atomic E-state index is 5.66. The summed E-state index contributed by atoms with van der Waals surface area (Å²) >= 11 is 0. The van der Waals surface area contributed by atoms with Crippen LogP contribution in [0.1, 0.15) is 36.6 Å².